The van der Waals surface area contributed by atoms with E-state index >= 15 is 0 Å². The Kier molecular flexibility index (Phi) is 6.65. The molecule has 0 aromatic heterocycles. The van der Waals surface area contributed by atoms with E-state index in [4.69, 9.17) is 21.1 Å². The molecule has 0 atom stereocenters. The van der Waals surface area contributed by atoms with Crippen LogP contribution in [-0.4, -0.2) is 26.0 Å². The lowest BCUT2D eigenvalue weighted by atomic mass is 10.1. The molecule has 0 fully saturated rings. The molecular weight excluding hydrogens is 344 g/mol. The lowest BCUT2D eigenvalue weighted by Gasteiger charge is -2.10. The second-order valence-electron chi connectivity index (χ2n) is 5.20. The third kappa shape index (κ3) is 5.39. The summed E-state index contributed by atoms with van der Waals surface area (Å²) >= 11 is 5.94. The van der Waals surface area contributed by atoms with E-state index < -0.39 is 5.91 Å². The van der Waals surface area contributed by atoms with Crippen molar-refractivity contribution in [1.82, 2.24) is 10.9 Å². The van der Waals surface area contributed by atoms with Crippen molar-refractivity contribution in [1.29, 1.82) is 0 Å². The monoisotopic (exact) mass is 362 g/mol. The highest BCUT2D eigenvalue weighted by Gasteiger charge is 2.11. The van der Waals surface area contributed by atoms with Crippen molar-refractivity contribution < 1.29 is 19.1 Å². The minimum absolute atomic E-state index is 0.194. The van der Waals surface area contributed by atoms with Gasteiger partial charge < -0.3 is 9.47 Å². The minimum atomic E-state index is -0.470. The smallest absolute Gasteiger partial charge is 0.271 e. The van der Waals surface area contributed by atoms with Crippen LogP contribution in [0, 0.1) is 0 Å². The topological polar surface area (TPSA) is 76.7 Å². The van der Waals surface area contributed by atoms with Crippen molar-refractivity contribution in [2.75, 3.05) is 14.2 Å². The average Bonchev–Trinajstić information content (AvgIpc) is 2.64. The summed E-state index contributed by atoms with van der Waals surface area (Å²) in [4.78, 5) is 23.9. The van der Waals surface area contributed by atoms with Crippen molar-refractivity contribution in [3.63, 3.8) is 0 Å². The van der Waals surface area contributed by atoms with Crippen LogP contribution in [0.3, 0.4) is 0 Å². The number of rotatable bonds is 6. The number of carbonyl (C=O) groups excluding carboxylic acids is 2. The van der Waals surface area contributed by atoms with Gasteiger partial charge in [0.25, 0.3) is 5.91 Å². The molecule has 7 heteroatoms. The number of hydrogen-bond acceptors (Lipinski definition) is 4. The van der Waals surface area contributed by atoms with E-state index in [-0.39, 0.29) is 12.3 Å². The van der Waals surface area contributed by atoms with Crippen LogP contribution < -0.4 is 20.3 Å². The summed E-state index contributed by atoms with van der Waals surface area (Å²) in [7, 11) is 3.13. The summed E-state index contributed by atoms with van der Waals surface area (Å²) in [5, 5.41) is 0.317. The van der Waals surface area contributed by atoms with Gasteiger partial charge in [0.15, 0.2) is 0 Å². The van der Waals surface area contributed by atoms with Crippen molar-refractivity contribution >= 4 is 23.4 Å². The molecule has 0 aliphatic carbocycles. The van der Waals surface area contributed by atoms with Gasteiger partial charge in [-0.15, -0.1) is 0 Å². The number of hydrazine groups is 1. The summed E-state index contributed by atoms with van der Waals surface area (Å²) < 4.78 is 10.4. The van der Waals surface area contributed by atoms with Gasteiger partial charge in [-0.3, -0.25) is 20.4 Å². The van der Waals surface area contributed by atoms with Crippen LogP contribution in [0.4, 0.5) is 0 Å². The Morgan fingerprint density at radius 1 is 1.00 bits per heavy atom. The molecule has 2 N–H and O–H groups in total. The predicted octanol–water partition coefficient (Wildman–Crippen LogP) is 2.75. The molecule has 25 heavy (non-hydrogen) atoms. The first kappa shape index (κ1) is 18.6. The number of carbonyl (C=O) groups is 2. The lowest BCUT2D eigenvalue weighted by Crippen LogP contribution is -2.41. The highest BCUT2D eigenvalue weighted by Crippen LogP contribution is 2.23. The van der Waals surface area contributed by atoms with Crippen molar-refractivity contribution in [2.45, 2.75) is 12.8 Å². The zero-order valence-corrected chi connectivity index (χ0v) is 14.7. The van der Waals surface area contributed by atoms with E-state index in [0.29, 0.717) is 28.5 Å². The van der Waals surface area contributed by atoms with E-state index in [9.17, 15) is 9.59 Å². The van der Waals surface area contributed by atoms with Gasteiger partial charge in [0.05, 0.1) is 24.8 Å². The summed E-state index contributed by atoms with van der Waals surface area (Å²) in [6.07, 6.45) is 0.667. The largest absolute Gasteiger partial charge is 0.497 e. The number of halogens is 1. The van der Waals surface area contributed by atoms with Gasteiger partial charge in [0, 0.05) is 12.5 Å². The molecule has 0 bridgehead atoms. The molecule has 2 aromatic rings. The van der Waals surface area contributed by atoms with E-state index in [1.54, 1.807) is 44.6 Å². The number of methoxy groups -OCH3 is 2. The molecule has 0 unspecified atom stereocenters. The molecule has 0 aliphatic rings. The molecule has 0 spiro atoms. The van der Waals surface area contributed by atoms with Gasteiger partial charge in [0.1, 0.15) is 11.5 Å². The number of benzene rings is 2. The Morgan fingerprint density at radius 2 is 1.64 bits per heavy atom. The third-order valence-corrected chi connectivity index (χ3v) is 3.82. The SMILES string of the molecule is COc1cc(CCC(=O)NNC(=O)c2ccccc2Cl)cc(OC)c1. The van der Waals surface area contributed by atoms with E-state index in [1.165, 1.54) is 0 Å². The van der Waals surface area contributed by atoms with Gasteiger partial charge in [-0.2, -0.15) is 0 Å². The highest BCUT2D eigenvalue weighted by molar-refractivity contribution is 6.33. The molecular formula is C18H19ClN2O4. The fraction of sp³-hybridized carbons (Fsp3) is 0.222. The van der Waals surface area contributed by atoms with Crippen molar-refractivity contribution in [3.8, 4) is 11.5 Å². The van der Waals surface area contributed by atoms with E-state index in [2.05, 4.69) is 10.9 Å². The second kappa shape index (κ2) is 8.94. The Hall–Kier alpha value is -2.73. The zero-order chi connectivity index (χ0) is 18.2. The van der Waals surface area contributed by atoms with Gasteiger partial charge in [-0.05, 0) is 36.2 Å². The average molecular weight is 363 g/mol. The van der Waals surface area contributed by atoms with Gasteiger partial charge in [0.2, 0.25) is 5.91 Å². The first-order valence-electron chi connectivity index (χ1n) is 7.59. The number of aryl methyl sites for hydroxylation is 1. The van der Waals surface area contributed by atoms with Crippen LogP contribution in [0.5, 0.6) is 11.5 Å². The van der Waals surface area contributed by atoms with Crippen molar-refractivity contribution in [3.05, 3.63) is 58.6 Å². The predicted molar refractivity (Wildman–Crippen MR) is 94.9 cm³/mol. The maximum absolute atomic E-state index is 12.0. The normalized spacial score (nSPS) is 10.0. The van der Waals surface area contributed by atoms with Crippen LogP contribution in [0.25, 0.3) is 0 Å². The quantitative estimate of drug-likeness (QED) is 0.775. The number of ether oxygens (including phenoxy) is 2. The number of hydrogen-bond donors (Lipinski definition) is 2. The highest BCUT2D eigenvalue weighted by atomic mass is 35.5. The fourth-order valence-corrected chi connectivity index (χ4v) is 2.39. The molecule has 0 saturated carbocycles. The summed E-state index contributed by atoms with van der Waals surface area (Å²) in [5.74, 6) is 0.521. The molecule has 0 heterocycles. The van der Waals surface area contributed by atoms with E-state index in [0.717, 1.165) is 5.56 Å². The number of nitrogens with one attached hydrogen (secondary N) is 2. The maximum Gasteiger partial charge on any atom is 0.271 e. The standard InChI is InChI=1S/C18H19ClN2O4/c1-24-13-9-12(10-14(11-13)25-2)7-8-17(22)20-21-18(23)15-5-3-4-6-16(15)19/h3-6,9-11H,7-8H2,1-2H3,(H,20,22)(H,21,23). The molecule has 2 aromatic carbocycles. The van der Waals surface area contributed by atoms with Crippen molar-refractivity contribution in [2.24, 2.45) is 0 Å². The Morgan fingerprint density at radius 3 is 2.24 bits per heavy atom. The molecule has 2 rings (SSSR count). The Labute approximate surface area is 151 Å². The summed E-state index contributed by atoms with van der Waals surface area (Å²) in [6.45, 7) is 0. The first-order chi connectivity index (χ1) is 12.0. The van der Waals surface area contributed by atoms with Crippen LogP contribution in [0.2, 0.25) is 5.02 Å². The minimum Gasteiger partial charge on any atom is -0.497 e. The Bertz CT molecular complexity index is 742. The van der Waals surface area contributed by atoms with Gasteiger partial charge in [-0.25, -0.2) is 0 Å². The molecule has 2 amide bonds. The maximum atomic E-state index is 12.0. The van der Waals surface area contributed by atoms with Crippen LogP contribution >= 0.6 is 11.6 Å². The summed E-state index contributed by atoms with van der Waals surface area (Å²) in [5.41, 5.74) is 5.91. The molecule has 0 aliphatic heterocycles. The lowest BCUT2D eigenvalue weighted by molar-refractivity contribution is -0.121. The van der Waals surface area contributed by atoms with Crippen LogP contribution in [0.1, 0.15) is 22.3 Å². The third-order valence-electron chi connectivity index (χ3n) is 3.49. The fourth-order valence-electron chi connectivity index (χ4n) is 2.17. The molecule has 0 radical (unpaired) electrons. The molecule has 0 saturated heterocycles. The second-order valence-corrected chi connectivity index (χ2v) is 5.61. The Balaban J connectivity index is 1.87. The zero-order valence-electron chi connectivity index (χ0n) is 14.0. The van der Waals surface area contributed by atoms with E-state index in [1.807, 2.05) is 12.1 Å². The molecule has 6 nitrogen and oxygen atoms in total. The molecule has 132 valence electrons. The van der Waals surface area contributed by atoms with Gasteiger partial charge in [-0.1, -0.05) is 23.7 Å². The number of amides is 2. The summed E-state index contributed by atoms with van der Waals surface area (Å²) in [6, 6.07) is 12.0. The van der Waals surface area contributed by atoms with Crippen LogP contribution in [-0.2, 0) is 11.2 Å². The van der Waals surface area contributed by atoms with Crippen LogP contribution in [0.15, 0.2) is 42.5 Å². The van der Waals surface area contributed by atoms with Gasteiger partial charge >= 0.3 is 0 Å². The first-order valence-corrected chi connectivity index (χ1v) is 7.97.